The smallest absolute Gasteiger partial charge is 0.240 e. The zero-order valence-electron chi connectivity index (χ0n) is 17.5. The van der Waals surface area contributed by atoms with Crippen molar-refractivity contribution in [2.45, 2.75) is 30.3 Å². The van der Waals surface area contributed by atoms with Crippen molar-refractivity contribution in [1.29, 1.82) is 0 Å². The van der Waals surface area contributed by atoms with Gasteiger partial charge in [0, 0.05) is 11.3 Å². The number of hydrogen-bond donors (Lipinski definition) is 1. The Hall–Kier alpha value is -3.38. The molecule has 0 bridgehead atoms. The highest BCUT2D eigenvalue weighted by atomic mass is 32.2. The first-order chi connectivity index (χ1) is 15.0. The number of carbonyl (C=O) groups excluding carboxylic acids is 1. The van der Waals surface area contributed by atoms with E-state index in [-0.39, 0.29) is 5.91 Å². The first kappa shape index (κ1) is 20.9. The Morgan fingerprint density at radius 2 is 1.45 bits per heavy atom. The lowest BCUT2D eigenvalue weighted by atomic mass is 10.2. The lowest BCUT2D eigenvalue weighted by molar-refractivity contribution is -0.117. The quantitative estimate of drug-likeness (QED) is 0.395. The molecule has 0 radical (unpaired) electrons. The number of aromatic nitrogens is 3. The Morgan fingerprint density at radius 1 is 0.871 bits per heavy atom. The van der Waals surface area contributed by atoms with Crippen LogP contribution in [0.1, 0.15) is 19.4 Å². The Balaban J connectivity index is 1.64. The van der Waals surface area contributed by atoms with Gasteiger partial charge in [0.15, 0.2) is 11.0 Å². The Labute approximate surface area is 186 Å². The number of rotatable bonds is 7. The number of thioether (sulfide) groups is 1. The van der Waals surface area contributed by atoms with Crippen molar-refractivity contribution in [3.05, 3.63) is 96.6 Å². The highest BCUT2D eigenvalue weighted by Crippen LogP contribution is 2.35. The molecule has 0 atom stereocenters. The summed E-state index contributed by atoms with van der Waals surface area (Å²) in [5.74, 6) is 0.699. The summed E-state index contributed by atoms with van der Waals surface area (Å²) in [6, 6.07) is 29.7. The lowest BCUT2D eigenvalue weighted by Crippen LogP contribution is -2.34. The second-order valence-corrected chi connectivity index (χ2v) is 9.27. The van der Waals surface area contributed by atoms with E-state index in [1.165, 1.54) is 11.8 Å². The third-order valence-corrected chi connectivity index (χ3v) is 6.04. The molecule has 1 N–H and O–H groups in total. The van der Waals surface area contributed by atoms with E-state index in [4.69, 9.17) is 0 Å². The van der Waals surface area contributed by atoms with Crippen molar-refractivity contribution >= 4 is 23.4 Å². The summed E-state index contributed by atoms with van der Waals surface area (Å²) in [5, 5.41) is 12.6. The summed E-state index contributed by atoms with van der Waals surface area (Å²) < 4.78 is 1.33. The highest BCUT2D eigenvalue weighted by Gasteiger charge is 2.32. The zero-order valence-corrected chi connectivity index (χ0v) is 18.3. The molecule has 0 saturated heterocycles. The van der Waals surface area contributed by atoms with Crippen molar-refractivity contribution in [1.82, 2.24) is 14.8 Å². The Morgan fingerprint density at radius 3 is 2.10 bits per heavy atom. The zero-order chi connectivity index (χ0) is 21.7. The number of para-hydroxylation sites is 1. The second-order valence-electron chi connectivity index (χ2n) is 7.68. The van der Waals surface area contributed by atoms with Gasteiger partial charge >= 0.3 is 0 Å². The van der Waals surface area contributed by atoms with Gasteiger partial charge < -0.3 is 5.32 Å². The van der Waals surface area contributed by atoms with Gasteiger partial charge in [-0.05, 0) is 31.5 Å². The maximum Gasteiger partial charge on any atom is 0.240 e. The SMILES string of the molecule is CC(C)(Sc1nnc(-c2ccccc2)n1Cc1ccccc1)C(=O)Nc1ccccc1. The Kier molecular flexibility index (Phi) is 6.18. The first-order valence-corrected chi connectivity index (χ1v) is 10.9. The van der Waals surface area contributed by atoms with E-state index in [2.05, 4.69) is 32.2 Å². The number of hydrogen-bond acceptors (Lipinski definition) is 4. The van der Waals surface area contributed by atoms with Crippen LogP contribution in [0.4, 0.5) is 5.69 Å². The summed E-state index contributed by atoms with van der Waals surface area (Å²) >= 11 is 1.41. The van der Waals surface area contributed by atoms with Gasteiger partial charge in [-0.15, -0.1) is 10.2 Å². The third kappa shape index (κ3) is 5.03. The number of nitrogens with zero attached hydrogens (tertiary/aromatic N) is 3. The molecule has 1 aromatic heterocycles. The number of nitrogens with one attached hydrogen (secondary N) is 1. The van der Waals surface area contributed by atoms with Crippen molar-refractivity contribution in [3.63, 3.8) is 0 Å². The largest absolute Gasteiger partial charge is 0.325 e. The minimum atomic E-state index is -0.745. The molecule has 4 aromatic rings. The second kappa shape index (κ2) is 9.18. The molecule has 156 valence electrons. The molecule has 6 heteroatoms. The van der Waals surface area contributed by atoms with E-state index in [1.807, 2.05) is 92.7 Å². The molecular weight excluding hydrogens is 404 g/mol. The van der Waals surface area contributed by atoms with Gasteiger partial charge in [0.05, 0.1) is 11.3 Å². The summed E-state index contributed by atoms with van der Waals surface area (Å²) in [4.78, 5) is 13.0. The fourth-order valence-corrected chi connectivity index (χ4v) is 4.09. The first-order valence-electron chi connectivity index (χ1n) is 10.1. The van der Waals surface area contributed by atoms with Crippen molar-refractivity contribution < 1.29 is 4.79 Å². The van der Waals surface area contributed by atoms with Gasteiger partial charge in [-0.3, -0.25) is 9.36 Å². The molecule has 0 aliphatic carbocycles. The van der Waals surface area contributed by atoms with E-state index in [1.54, 1.807) is 0 Å². The standard InChI is InChI=1S/C25H24N4OS/c1-25(2,23(30)26-21-16-10-5-11-17-21)31-24-28-27-22(20-14-8-4-9-15-20)29(24)18-19-12-6-3-7-13-19/h3-17H,18H2,1-2H3,(H,26,30). The number of anilines is 1. The normalized spacial score (nSPS) is 11.3. The van der Waals surface area contributed by atoms with Crippen LogP contribution in [0.2, 0.25) is 0 Å². The van der Waals surface area contributed by atoms with E-state index >= 15 is 0 Å². The summed E-state index contributed by atoms with van der Waals surface area (Å²) in [5.41, 5.74) is 2.91. The molecule has 0 spiro atoms. The van der Waals surface area contributed by atoms with Crippen LogP contribution in [0, 0.1) is 0 Å². The van der Waals surface area contributed by atoms with Gasteiger partial charge in [-0.2, -0.15) is 0 Å². The van der Waals surface area contributed by atoms with Gasteiger partial charge in [-0.1, -0.05) is 90.6 Å². The molecule has 0 fully saturated rings. The summed E-state index contributed by atoms with van der Waals surface area (Å²) in [7, 11) is 0. The van der Waals surface area contributed by atoms with Crippen LogP contribution in [0.3, 0.4) is 0 Å². The molecular formula is C25H24N4OS. The van der Waals surface area contributed by atoms with E-state index in [0.717, 1.165) is 22.6 Å². The fraction of sp³-hybridized carbons (Fsp3) is 0.160. The number of benzene rings is 3. The highest BCUT2D eigenvalue weighted by molar-refractivity contribution is 8.01. The van der Waals surface area contributed by atoms with E-state index in [9.17, 15) is 4.79 Å². The van der Waals surface area contributed by atoms with Crippen LogP contribution in [0.25, 0.3) is 11.4 Å². The van der Waals surface area contributed by atoms with Crippen LogP contribution in [-0.2, 0) is 11.3 Å². The monoisotopic (exact) mass is 428 g/mol. The lowest BCUT2D eigenvalue weighted by Gasteiger charge is -2.23. The topological polar surface area (TPSA) is 59.8 Å². The minimum absolute atomic E-state index is 0.0841. The third-order valence-electron chi connectivity index (χ3n) is 4.86. The summed E-state index contributed by atoms with van der Waals surface area (Å²) in [6.45, 7) is 4.43. The molecule has 1 amide bonds. The average molecular weight is 429 g/mol. The average Bonchev–Trinajstić information content (AvgIpc) is 3.17. The maximum absolute atomic E-state index is 13.0. The number of amides is 1. The molecule has 4 rings (SSSR count). The molecule has 0 unspecified atom stereocenters. The molecule has 1 heterocycles. The minimum Gasteiger partial charge on any atom is -0.325 e. The molecule has 0 aliphatic rings. The van der Waals surface area contributed by atoms with E-state index in [0.29, 0.717) is 11.7 Å². The maximum atomic E-state index is 13.0. The van der Waals surface area contributed by atoms with Crippen LogP contribution in [0.15, 0.2) is 96.2 Å². The van der Waals surface area contributed by atoms with Gasteiger partial charge in [-0.25, -0.2) is 0 Å². The summed E-state index contributed by atoms with van der Waals surface area (Å²) in [6.07, 6.45) is 0. The van der Waals surface area contributed by atoms with Crippen molar-refractivity contribution in [3.8, 4) is 11.4 Å². The predicted octanol–water partition coefficient (Wildman–Crippen LogP) is 5.50. The van der Waals surface area contributed by atoms with Gasteiger partial charge in [0.2, 0.25) is 5.91 Å². The van der Waals surface area contributed by atoms with Crippen LogP contribution in [0.5, 0.6) is 0 Å². The van der Waals surface area contributed by atoms with Crippen LogP contribution >= 0.6 is 11.8 Å². The van der Waals surface area contributed by atoms with Crippen LogP contribution in [-0.4, -0.2) is 25.4 Å². The molecule has 3 aromatic carbocycles. The Bertz CT molecular complexity index is 1140. The van der Waals surface area contributed by atoms with E-state index < -0.39 is 4.75 Å². The van der Waals surface area contributed by atoms with Crippen molar-refractivity contribution in [2.24, 2.45) is 0 Å². The molecule has 0 aliphatic heterocycles. The number of carbonyl (C=O) groups is 1. The molecule has 0 saturated carbocycles. The fourth-order valence-electron chi connectivity index (χ4n) is 3.15. The van der Waals surface area contributed by atoms with Crippen molar-refractivity contribution in [2.75, 3.05) is 5.32 Å². The van der Waals surface area contributed by atoms with Crippen LogP contribution < -0.4 is 5.32 Å². The molecule has 31 heavy (non-hydrogen) atoms. The predicted molar refractivity (Wildman–Crippen MR) is 126 cm³/mol. The molecule has 5 nitrogen and oxygen atoms in total. The van der Waals surface area contributed by atoms with Gasteiger partial charge in [0.1, 0.15) is 0 Å². The van der Waals surface area contributed by atoms with Gasteiger partial charge in [0.25, 0.3) is 0 Å².